The van der Waals surface area contributed by atoms with Crippen molar-refractivity contribution in [2.24, 2.45) is 0 Å². The normalized spacial score (nSPS) is 25.2. The van der Waals surface area contributed by atoms with Gasteiger partial charge in [0.1, 0.15) is 0 Å². The number of hydrogen-bond donors (Lipinski definition) is 3. The highest BCUT2D eigenvalue weighted by Crippen LogP contribution is 2.05. The molecule has 1 rings (SSSR count). The Kier molecular flexibility index (Phi) is 4.87. The van der Waals surface area contributed by atoms with E-state index in [0.29, 0.717) is 13.0 Å². The number of amides is 1. The van der Waals surface area contributed by atoms with Gasteiger partial charge in [0.15, 0.2) is 0 Å². The summed E-state index contributed by atoms with van der Waals surface area (Å²) in [5.74, 6) is -0.392. The van der Waals surface area contributed by atoms with Crippen molar-refractivity contribution in [2.45, 2.75) is 18.6 Å². The van der Waals surface area contributed by atoms with Crippen molar-refractivity contribution in [2.75, 3.05) is 32.9 Å². The first-order valence-corrected chi connectivity index (χ1v) is 7.03. The van der Waals surface area contributed by atoms with E-state index >= 15 is 0 Å². The van der Waals surface area contributed by atoms with Gasteiger partial charge in [0, 0.05) is 27.2 Å². The van der Waals surface area contributed by atoms with E-state index in [1.165, 1.54) is 14.1 Å². The highest BCUT2D eigenvalue weighted by atomic mass is 32.2. The van der Waals surface area contributed by atoms with Crippen molar-refractivity contribution in [3.05, 3.63) is 0 Å². The van der Waals surface area contributed by atoms with Gasteiger partial charge in [-0.15, -0.1) is 0 Å². The first-order valence-electron chi connectivity index (χ1n) is 5.42. The second-order valence-corrected chi connectivity index (χ2v) is 6.54. The first kappa shape index (κ1) is 14.4. The number of sulfonamides is 1. The molecule has 1 aliphatic heterocycles. The molecule has 1 fully saturated rings. The Balaban J connectivity index is 2.30. The van der Waals surface area contributed by atoms with E-state index in [2.05, 4.69) is 10.6 Å². The molecule has 2 unspecified atom stereocenters. The number of carbonyl (C=O) groups excluding carboxylic acids is 1. The number of nitrogens with zero attached hydrogens (tertiary/aromatic N) is 1. The predicted molar refractivity (Wildman–Crippen MR) is 62.9 cm³/mol. The summed E-state index contributed by atoms with van der Waals surface area (Å²) < 4.78 is 23.9. The molecule has 0 saturated carbocycles. The zero-order valence-corrected chi connectivity index (χ0v) is 10.8. The summed E-state index contributed by atoms with van der Waals surface area (Å²) in [6, 6.07) is -0.424. The molecule has 1 saturated heterocycles. The molecule has 100 valence electrons. The fourth-order valence-electron chi connectivity index (χ4n) is 1.53. The average molecular weight is 265 g/mol. The van der Waals surface area contributed by atoms with Crippen LogP contribution in [0, 0.1) is 0 Å². The Labute approximate surface area is 101 Å². The molecule has 1 amide bonds. The van der Waals surface area contributed by atoms with E-state index < -0.39 is 22.2 Å². The third kappa shape index (κ3) is 4.23. The van der Waals surface area contributed by atoms with Gasteiger partial charge in [-0.1, -0.05) is 0 Å². The van der Waals surface area contributed by atoms with E-state index in [1.54, 1.807) is 0 Å². The number of β-amino-alcohol motifs (C(OH)–C–C–N with tert-alkyl or cyclic N) is 1. The fraction of sp³-hybridized carbons (Fsp3) is 0.889. The van der Waals surface area contributed by atoms with Crippen LogP contribution in [-0.4, -0.2) is 68.8 Å². The lowest BCUT2D eigenvalue weighted by Crippen LogP contribution is -2.42. The van der Waals surface area contributed by atoms with Crippen molar-refractivity contribution >= 4 is 15.9 Å². The minimum absolute atomic E-state index is 0.0770. The predicted octanol–water partition coefficient (Wildman–Crippen LogP) is -2.28. The second kappa shape index (κ2) is 5.76. The summed E-state index contributed by atoms with van der Waals surface area (Å²) in [6.45, 7) is 0.474. The van der Waals surface area contributed by atoms with E-state index in [-0.39, 0.29) is 18.2 Å². The molecule has 17 heavy (non-hydrogen) atoms. The maximum absolute atomic E-state index is 11.6. The molecule has 0 aromatic heterocycles. The molecule has 0 aliphatic carbocycles. The number of rotatable bonds is 5. The number of aliphatic hydroxyl groups excluding tert-OH is 1. The van der Waals surface area contributed by atoms with Gasteiger partial charge in [0.2, 0.25) is 15.9 Å². The first-order chi connectivity index (χ1) is 7.83. The van der Waals surface area contributed by atoms with Crippen LogP contribution in [0.3, 0.4) is 0 Å². The lowest BCUT2D eigenvalue weighted by atomic mass is 10.2. The molecule has 0 aromatic rings. The summed E-state index contributed by atoms with van der Waals surface area (Å²) in [5, 5.41) is 14.6. The number of aliphatic hydroxyl groups is 1. The van der Waals surface area contributed by atoms with Gasteiger partial charge in [0.25, 0.3) is 0 Å². The standard InChI is InChI=1S/C9H19N3O4S/c1-12(2)17(15,16)4-3-10-9(14)8-5-7(13)6-11-8/h7-8,11,13H,3-6H2,1-2H3,(H,10,14). The lowest BCUT2D eigenvalue weighted by molar-refractivity contribution is -0.122. The van der Waals surface area contributed by atoms with Gasteiger partial charge < -0.3 is 15.7 Å². The van der Waals surface area contributed by atoms with E-state index in [0.717, 1.165) is 4.31 Å². The maximum atomic E-state index is 11.6. The zero-order valence-electron chi connectivity index (χ0n) is 10.0. The lowest BCUT2D eigenvalue weighted by Gasteiger charge is -2.13. The summed E-state index contributed by atoms with van der Waals surface area (Å²) >= 11 is 0. The zero-order chi connectivity index (χ0) is 13.1. The average Bonchev–Trinajstić information content (AvgIpc) is 2.64. The second-order valence-electron chi connectivity index (χ2n) is 4.24. The van der Waals surface area contributed by atoms with Gasteiger partial charge in [-0.3, -0.25) is 4.79 Å². The quantitative estimate of drug-likeness (QED) is 0.520. The molecule has 8 heteroatoms. The van der Waals surface area contributed by atoms with Gasteiger partial charge in [-0.2, -0.15) is 0 Å². The maximum Gasteiger partial charge on any atom is 0.237 e. The SMILES string of the molecule is CN(C)S(=O)(=O)CCNC(=O)C1CC(O)CN1. The van der Waals surface area contributed by atoms with Crippen LogP contribution in [-0.2, 0) is 14.8 Å². The van der Waals surface area contributed by atoms with Crippen LogP contribution in [0.1, 0.15) is 6.42 Å². The topological polar surface area (TPSA) is 98.7 Å². The summed E-state index contributed by atoms with van der Waals surface area (Å²) in [4.78, 5) is 11.6. The molecular weight excluding hydrogens is 246 g/mol. The molecule has 0 spiro atoms. The molecule has 7 nitrogen and oxygen atoms in total. The Hall–Kier alpha value is -0.700. The van der Waals surface area contributed by atoms with Crippen LogP contribution in [0.4, 0.5) is 0 Å². The summed E-state index contributed by atoms with van der Waals surface area (Å²) in [7, 11) is -0.378. The number of hydrogen-bond acceptors (Lipinski definition) is 5. The number of nitrogens with one attached hydrogen (secondary N) is 2. The fourth-order valence-corrected chi connectivity index (χ4v) is 2.25. The molecule has 0 aromatic carbocycles. The molecule has 0 bridgehead atoms. The van der Waals surface area contributed by atoms with Gasteiger partial charge in [0.05, 0.1) is 17.9 Å². The van der Waals surface area contributed by atoms with Crippen molar-refractivity contribution < 1.29 is 18.3 Å². The number of carbonyl (C=O) groups is 1. The Bertz CT molecular complexity index is 368. The van der Waals surface area contributed by atoms with Crippen LogP contribution >= 0.6 is 0 Å². The third-order valence-electron chi connectivity index (χ3n) is 2.64. The van der Waals surface area contributed by atoms with E-state index in [4.69, 9.17) is 0 Å². The highest BCUT2D eigenvalue weighted by Gasteiger charge is 2.27. The minimum atomic E-state index is -3.28. The summed E-state index contributed by atoms with van der Waals surface area (Å²) in [6.07, 6.45) is -0.136. The van der Waals surface area contributed by atoms with Gasteiger partial charge in [-0.25, -0.2) is 12.7 Å². The Morgan fingerprint density at radius 1 is 1.53 bits per heavy atom. The van der Waals surface area contributed by atoms with Crippen molar-refractivity contribution in [3.8, 4) is 0 Å². The van der Waals surface area contributed by atoms with Crippen LogP contribution in [0.2, 0.25) is 0 Å². The Morgan fingerprint density at radius 2 is 2.18 bits per heavy atom. The van der Waals surface area contributed by atoms with Gasteiger partial charge in [-0.05, 0) is 6.42 Å². The third-order valence-corrected chi connectivity index (χ3v) is 4.47. The van der Waals surface area contributed by atoms with Crippen molar-refractivity contribution in [1.29, 1.82) is 0 Å². The van der Waals surface area contributed by atoms with Crippen molar-refractivity contribution in [1.82, 2.24) is 14.9 Å². The summed E-state index contributed by atoms with van der Waals surface area (Å²) in [5.41, 5.74) is 0. The highest BCUT2D eigenvalue weighted by molar-refractivity contribution is 7.89. The van der Waals surface area contributed by atoms with Gasteiger partial charge >= 0.3 is 0 Å². The van der Waals surface area contributed by atoms with E-state index in [9.17, 15) is 18.3 Å². The van der Waals surface area contributed by atoms with Crippen molar-refractivity contribution in [3.63, 3.8) is 0 Å². The van der Waals surface area contributed by atoms with E-state index in [1.807, 2.05) is 0 Å². The molecule has 3 N–H and O–H groups in total. The Morgan fingerprint density at radius 3 is 2.65 bits per heavy atom. The van der Waals surface area contributed by atoms with Crippen LogP contribution in [0.5, 0.6) is 0 Å². The smallest absolute Gasteiger partial charge is 0.237 e. The van der Waals surface area contributed by atoms with Crippen LogP contribution < -0.4 is 10.6 Å². The molecule has 1 heterocycles. The molecular formula is C9H19N3O4S. The van der Waals surface area contributed by atoms with Crippen LogP contribution in [0.25, 0.3) is 0 Å². The minimum Gasteiger partial charge on any atom is -0.392 e. The monoisotopic (exact) mass is 265 g/mol. The molecule has 2 atom stereocenters. The molecule has 1 aliphatic rings. The van der Waals surface area contributed by atoms with Crippen LogP contribution in [0.15, 0.2) is 0 Å². The largest absolute Gasteiger partial charge is 0.392 e. The molecule has 0 radical (unpaired) electrons.